The third kappa shape index (κ3) is 2.23. The Bertz CT molecular complexity index is 459. The summed E-state index contributed by atoms with van der Waals surface area (Å²) in [5, 5.41) is 3.32. The summed E-state index contributed by atoms with van der Waals surface area (Å²) in [5.74, 6) is 0. The minimum Gasteiger partial charge on any atom is -0.214 e. The summed E-state index contributed by atoms with van der Waals surface area (Å²) in [6.45, 7) is 0. The number of nitrogens with zero attached hydrogens (tertiary/aromatic N) is 3. The van der Waals surface area contributed by atoms with Crippen LogP contribution in [0.1, 0.15) is 0 Å². The maximum absolute atomic E-state index is 11.3. The van der Waals surface area contributed by atoms with Crippen LogP contribution in [0.25, 0.3) is 10.4 Å². The van der Waals surface area contributed by atoms with E-state index in [9.17, 15) is 8.42 Å². The molecule has 0 aliphatic carbocycles. The highest BCUT2D eigenvalue weighted by Gasteiger charge is 2.09. The van der Waals surface area contributed by atoms with Crippen LogP contribution in [0.5, 0.6) is 0 Å². The van der Waals surface area contributed by atoms with E-state index in [1.165, 1.54) is 31.3 Å². The molecular formula is C7H8N4O2S. The minimum absolute atomic E-state index is 0.136. The largest absolute Gasteiger partial charge is 0.240 e. The molecule has 0 atom stereocenters. The van der Waals surface area contributed by atoms with Crippen molar-refractivity contribution in [2.75, 3.05) is 7.05 Å². The van der Waals surface area contributed by atoms with E-state index in [1.54, 1.807) is 0 Å². The average Bonchev–Trinajstić information content (AvgIpc) is 2.19. The molecule has 0 unspecified atom stereocenters. The number of hydrogen-bond acceptors (Lipinski definition) is 3. The zero-order chi connectivity index (χ0) is 10.6. The van der Waals surface area contributed by atoms with E-state index in [0.29, 0.717) is 5.69 Å². The number of hydrogen-bond donors (Lipinski definition) is 1. The van der Waals surface area contributed by atoms with Gasteiger partial charge in [-0.1, -0.05) is 17.2 Å². The van der Waals surface area contributed by atoms with Gasteiger partial charge >= 0.3 is 0 Å². The summed E-state index contributed by atoms with van der Waals surface area (Å²) in [6, 6.07) is 5.61. The van der Waals surface area contributed by atoms with E-state index in [1.807, 2.05) is 0 Å². The van der Waals surface area contributed by atoms with Crippen molar-refractivity contribution < 1.29 is 8.42 Å². The van der Waals surface area contributed by atoms with Gasteiger partial charge in [0.15, 0.2) is 0 Å². The minimum atomic E-state index is -3.41. The Hall–Kier alpha value is -1.56. The Morgan fingerprint density at radius 3 is 2.36 bits per heavy atom. The summed E-state index contributed by atoms with van der Waals surface area (Å²) >= 11 is 0. The highest BCUT2D eigenvalue weighted by molar-refractivity contribution is 7.89. The predicted octanol–water partition coefficient (Wildman–Crippen LogP) is 1.54. The van der Waals surface area contributed by atoms with Crippen LogP contribution in [0.15, 0.2) is 34.3 Å². The van der Waals surface area contributed by atoms with Crippen LogP contribution in [0.3, 0.4) is 0 Å². The van der Waals surface area contributed by atoms with Crippen LogP contribution in [-0.2, 0) is 10.0 Å². The van der Waals surface area contributed by atoms with Crippen LogP contribution in [0.2, 0.25) is 0 Å². The van der Waals surface area contributed by atoms with Crippen LogP contribution < -0.4 is 4.72 Å². The molecule has 0 aromatic heterocycles. The number of sulfonamides is 1. The Kier molecular flexibility index (Phi) is 3.08. The maximum atomic E-state index is 11.3. The topological polar surface area (TPSA) is 94.9 Å². The van der Waals surface area contributed by atoms with Crippen LogP contribution >= 0.6 is 0 Å². The van der Waals surface area contributed by atoms with Crippen molar-refractivity contribution in [2.45, 2.75) is 4.90 Å². The molecule has 1 aromatic carbocycles. The second-order valence-electron chi connectivity index (χ2n) is 2.39. The maximum Gasteiger partial charge on any atom is 0.240 e. The fourth-order valence-corrected chi connectivity index (χ4v) is 1.59. The molecule has 0 heterocycles. The smallest absolute Gasteiger partial charge is 0.214 e. The van der Waals surface area contributed by atoms with E-state index >= 15 is 0 Å². The second kappa shape index (κ2) is 4.10. The van der Waals surface area contributed by atoms with Gasteiger partial charge in [0, 0.05) is 10.6 Å². The van der Waals surface area contributed by atoms with Crippen molar-refractivity contribution >= 4 is 15.7 Å². The third-order valence-electron chi connectivity index (χ3n) is 1.58. The van der Waals surface area contributed by atoms with Crippen molar-refractivity contribution in [3.05, 3.63) is 34.7 Å². The Morgan fingerprint density at radius 2 is 1.93 bits per heavy atom. The summed E-state index contributed by atoms with van der Waals surface area (Å²) < 4.78 is 24.7. The molecule has 74 valence electrons. The average molecular weight is 212 g/mol. The summed E-state index contributed by atoms with van der Waals surface area (Å²) in [7, 11) is -2.08. The van der Waals surface area contributed by atoms with Gasteiger partial charge in [-0.2, -0.15) is 0 Å². The lowest BCUT2D eigenvalue weighted by Gasteiger charge is -2.01. The van der Waals surface area contributed by atoms with Crippen molar-refractivity contribution in [3.63, 3.8) is 0 Å². The fraction of sp³-hybridized carbons (Fsp3) is 0.143. The van der Waals surface area contributed by atoms with E-state index in [2.05, 4.69) is 14.7 Å². The molecule has 0 aliphatic heterocycles. The van der Waals surface area contributed by atoms with E-state index in [4.69, 9.17) is 5.53 Å². The molecule has 0 amide bonds. The molecule has 0 saturated carbocycles. The molecule has 0 saturated heterocycles. The first-order valence-electron chi connectivity index (χ1n) is 3.69. The van der Waals surface area contributed by atoms with Gasteiger partial charge in [0.05, 0.1) is 4.90 Å². The van der Waals surface area contributed by atoms with Crippen molar-refractivity contribution in [3.8, 4) is 0 Å². The highest BCUT2D eigenvalue weighted by atomic mass is 32.2. The number of rotatable bonds is 3. The van der Waals surface area contributed by atoms with Crippen LogP contribution in [0.4, 0.5) is 5.69 Å². The molecule has 7 heteroatoms. The van der Waals surface area contributed by atoms with Gasteiger partial charge in [0.1, 0.15) is 0 Å². The molecule has 0 radical (unpaired) electrons. The van der Waals surface area contributed by atoms with E-state index < -0.39 is 10.0 Å². The van der Waals surface area contributed by atoms with Crippen molar-refractivity contribution in [1.82, 2.24) is 4.72 Å². The molecule has 0 aliphatic rings. The number of azide groups is 1. The summed E-state index contributed by atoms with van der Waals surface area (Å²) in [4.78, 5) is 2.71. The van der Waals surface area contributed by atoms with Gasteiger partial charge in [0.2, 0.25) is 10.0 Å². The lowest BCUT2D eigenvalue weighted by atomic mass is 10.3. The summed E-state index contributed by atoms with van der Waals surface area (Å²) in [5.41, 5.74) is 8.50. The standard InChI is InChI=1S/C7H8N4O2S/c1-9-14(12,13)7-4-2-6(3-5-7)10-11-8/h2-5,9H,1H3. The van der Waals surface area contributed by atoms with Gasteiger partial charge in [-0.05, 0) is 24.7 Å². The lowest BCUT2D eigenvalue weighted by molar-refractivity contribution is 0.588. The van der Waals surface area contributed by atoms with Gasteiger partial charge in [-0.3, -0.25) is 0 Å². The fourth-order valence-electron chi connectivity index (χ4n) is 0.861. The molecule has 6 nitrogen and oxygen atoms in total. The van der Waals surface area contributed by atoms with Crippen molar-refractivity contribution in [1.29, 1.82) is 0 Å². The molecule has 0 spiro atoms. The first kappa shape index (κ1) is 10.5. The molecule has 1 rings (SSSR count). The van der Waals surface area contributed by atoms with Crippen LogP contribution in [0, 0.1) is 0 Å². The van der Waals surface area contributed by atoms with E-state index in [-0.39, 0.29) is 4.90 Å². The Balaban J connectivity index is 3.12. The first-order valence-corrected chi connectivity index (χ1v) is 5.17. The van der Waals surface area contributed by atoms with Gasteiger partial charge in [-0.25, -0.2) is 13.1 Å². The number of nitrogens with one attached hydrogen (secondary N) is 1. The third-order valence-corrected chi connectivity index (χ3v) is 3.01. The van der Waals surface area contributed by atoms with Gasteiger partial charge < -0.3 is 0 Å². The summed E-state index contributed by atoms with van der Waals surface area (Å²) in [6.07, 6.45) is 0. The molecule has 0 bridgehead atoms. The molecule has 0 fully saturated rings. The monoisotopic (exact) mass is 212 g/mol. The quantitative estimate of drug-likeness (QED) is 0.467. The zero-order valence-corrected chi connectivity index (χ0v) is 8.19. The molecule has 1 aromatic rings. The molecular weight excluding hydrogens is 204 g/mol. The van der Waals surface area contributed by atoms with E-state index in [0.717, 1.165) is 0 Å². The van der Waals surface area contributed by atoms with Gasteiger partial charge in [0.25, 0.3) is 0 Å². The van der Waals surface area contributed by atoms with Crippen molar-refractivity contribution in [2.24, 2.45) is 5.11 Å². The number of benzene rings is 1. The Labute approximate surface area is 81.2 Å². The molecule has 1 N–H and O–H groups in total. The van der Waals surface area contributed by atoms with Crippen LogP contribution in [-0.4, -0.2) is 15.5 Å². The zero-order valence-electron chi connectivity index (χ0n) is 7.38. The Morgan fingerprint density at radius 1 is 1.36 bits per heavy atom. The normalized spacial score (nSPS) is 10.6. The predicted molar refractivity (Wildman–Crippen MR) is 51.5 cm³/mol. The molecule has 14 heavy (non-hydrogen) atoms. The lowest BCUT2D eigenvalue weighted by Crippen LogP contribution is -2.18. The second-order valence-corrected chi connectivity index (χ2v) is 4.28. The highest BCUT2D eigenvalue weighted by Crippen LogP contribution is 2.15. The van der Waals surface area contributed by atoms with Gasteiger partial charge in [-0.15, -0.1) is 0 Å². The SMILES string of the molecule is CNS(=O)(=O)c1ccc(N=[N+]=[N-])cc1. The first-order chi connectivity index (χ1) is 6.60.